The minimum atomic E-state index is 0.650. The second-order valence-corrected chi connectivity index (χ2v) is 38.1. The highest BCUT2D eigenvalue weighted by atomic mass is 32.1. The van der Waals surface area contributed by atoms with Crippen LogP contribution < -0.4 is 0 Å². The number of para-hydroxylation sites is 4. The molecule has 142 heavy (non-hydrogen) atoms. The van der Waals surface area contributed by atoms with Crippen molar-refractivity contribution in [3.63, 3.8) is 0 Å². The minimum absolute atomic E-state index is 0.650. The van der Waals surface area contributed by atoms with Gasteiger partial charge in [-0.05, 0) is 220 Å². The molecule has 0 atom stereocenters. The quantitative estimate of drug-likeness (QED) is 0.119. The standard InChI is InChI=1S/C47H28N4OS.C41H24N2O2.C41H26N2S/c1-3-9-29(10-4-1)46-48-28-49-47(50-46)33-12-7-11-30(25-33)31-17-19-38-41(27-31)51(34-13-5-2-6-14-34)40-21-20-37-39-26-32(18-22-43(39)53-45(37)44(38)40)35-15-8-16-42-36(35)23-24-52-42;1-2-9-27(10-3-1)43-34-19-16-26(33-13-6-7-22-42-33)24-32(34)40-35(43)20-18-29-31-23-25(17-21-37(31)45-41(29)40)28-12-8-15-38-39(28)30-11-4-5-14-36(30)44-38;1-4-12-27(13-5-1)30-25-35(28-14-6-2-7-15-28)42-36(26-30)29-20-22-37-34(24-29)40-38(43(37)31-16-8-3-9-17-31)23-21-33-32-18-10-11-19-39(32)44-41(33)40/h1-28H;1-24H;1-26H. The molecule has 0 saturated carbocycles. The molecule has 0 aliphatic heterocycles. The zero-order chi connectivity index (χ0) is 93.4. The summed E-state index contributed by atoms with van der Waals surface area (Å²) in [6.45, 7) is 0. The van der Waals surface area contributed by atoms with E-state index in [2.05, 4.69) is 417 Å². The molecule has 11 heterocycles. The Balaban J connectivity index is 0.000000105. The van der Waals surface area contributed by atoms with Crippen molar-refractivity contribution in [2.24, 2.45) is 0 Å². The first-order chi connectivity index (χ1) is 70.4. The summed E-state index contributed by atoms with van der Waals surface area (Å²) in [7, 11) is 0. The molecule has 30 rings (SSSR count). The maximum atomic E-state index is 6.75. The van der Waals surface area contributed by atoms with Crippen LogP contribution in [0.4, 0.5) is 0 Å². The number of aromatic nitrogens is 8. The summed E-state index contributed by atoms with van der Waals surface area (Å²) in [6.07, 6.45) is 5.21. The van der Waals surface area contributed by atoms with E-state index < -0.39 is 0 Å². The van der Waals surface area contributed by atoms with Crippen LogP contribution in [-0.2, 0) is 0 Å². The summed E-state index contributed by atoms with van der Waals surface area (Å²) in [4.78, 5) is 23.7. The average Bonchev–Trinajstić information content (AvgIpc) is 1.56. The van der Waals surface area contributed by atoms with Crippen LogP contribution in [-0.4, -0.2) is 38.6 Å². The van der Waals surface area contributed by atoms with Crippen molar-refractivity contribution in [2.45, 2.75) is 0 Å². The highest BCUT2D eigenvalue weighted by molar-refractivity contribution is 7.27. The minimum Gasteiger partial charge on any atom is -0.464 e. The number of fused-ring (bicyclic) bond motifs is 25. The van der Waals surface area contributed by atoms with Gasteiger partial charge in [-0.3, -0.25) is 4.98 Å². The molecule has 13 heteroatoms. The average molecular weight is 1850 g/mol. The molecule has 0 saturated heterocycles. The van der Waals surface area contributed by atoms with E-state index in [1.807, 2.05) is 95.6 Å². The first-order valence-electron chi connectivity index (χ1n) is 47.6. The van der Waals surface area contributed by atoms with Gasteiger partial charge >= 0.3 is 0 Å². The summed E-state index contributed by atoms with van der Waals surface area (Å²) in [5, 5.41) is 18.0. The summed E-state index contributed by atoms with van der Waals surface area (Å²) < 4.78 is 31.0. The van der Waals surface area contributed by atoms with E-state index in [9.17, 15) is 0 Å². The Bertz CT molecular complexity index is 10200. The lowest BCUT2D eigenvalue weighted by atomic mass is 9.97. The van der Waals surface area contributed by atoms with Crippen molar-refractivity contribution in [1.29, 1.82) is 0 Å². The Morgan fingerprint density at radius 2 is 0.690 bits per heavy atom. The highest BCUT2D eigenvalue weighted by Gasteiger charge is 2.26. The number of furan rings is 3. The molecule has 0 unspecified atom stereocenters. The molecule has 11 nitrogen and oxygen atoms in total. The summed E-state index contributed by atoms with van der Waals surface area (Å²) in [5.74, 6) is 1.31. The van der Waals surface area contributed by atoms with Crippen molar-refractivity contribution in [1.82, 2.24) is 38.6 Å². The third kappa shape index (κ3) is 13.8. The molecule has 0 bridgehead atoms. The number of nitrogens with zero attached hydrogens (tertiary/aromatic N) is 8. The third-order valence-electron chi connectivity index (χ3n) is 27.9. The van der Waals surface area contributed by atoms with Gasteiger partial charge in [-0.1, -0.05) is 279 Å². The van der Waals surface area contributed by atoms with Gasteiger partial charge in [0, 0.05) is 145 Å². The fourth-order valence-corrected chi connectivity index (χ4v) is 23.9. The molecule has 19 aromatic carbocycles. The maximum absolute atomic E-state index is 6.75. The van der Waals surface area contributed by atoms with Gasteiger partial charge in [0.05, 0.1) is 61.8 Å². The Kier molecular flexibility index (Phi) is 19.4. The van der Waals surface area contributed by atoms with Crippen molar-refractivity contribution in [3.8, 4) is 118 Å². The zero-order valence-electron chi connectivity index (χ0n) is 76.2. The molecule has 664 valence electrons. The van der Waals surface area contributed by atoms with Gasteiger partial charge in [0.1, 0.15) is 34.2 Å². The van der Waals surface area contributed by atoms with Crippen LogP contribution in [0.5, 0.6) is 0 Å². The van der Waals surface area contributed by atoms with Gasteiger partial charge in [-0.25, -0.2) is 19.9 Å². The molecule has 0 aliphatic rings. The predicted octanol–water partition coefficient (Wildman–Crippen LogP) is 35.6. The fourth-order valence-electron chi connectivity index (χ4n) is 21.4. The van der Waals surface area contributed by atoms with E-state index in [0.717, 1.165) is 172 Å². The number of hydrogen-bond acceptors (Lipinski definition) is 10. The maximum Gasteiger partial charge on any atom is 0.163 e. The molecular weight excluding hydrogens is 1770 g/mol. The summed E-state index contributed by atoms with van der Waals surface area (Å²) in [6, 6.07) is 161. The molecule has 0 spiro atoms. The van der Waals surface area contributed by atoms with E-state index >= 15 is 0 Å². The predicted molar refractivity (Wildman–Crippen MR) is 590 cm³/mol. The third-order valence-corrected chi connectivity index (χ3v) is 30.3. The van der Waals surface area contributed by atoms with E-state index in [4.69, 9.17) is 23.2 Å². The fraction of sp³-hybridized carbons (Fsp3) is 0. The van der Waals surface area contributed by atoms with Gasteiger partial charge in [0.15, 0.2) is 11.6 Å². The second kappa shape index (κ2) is 33.7. The van der Waals surface area contributed by atoms with Crippen LogP contribution in [0.1, 0.15) is 0 Å². The number of thiophene rings is 2. The highest BCUT2D eigenvalue weighted by Crippen LogP contribution is 2.51. The molecule has 0 N–H and O–H groups in total. The van der Waals surface area contributed by atoms with Gasteiger partial charge in [0.2, 0.25) is 0 Å². The van der Waals surface area contributed by atoms with Crippen molar-refractivity contribution in [2.75, 3.05) is 0 Å². The zero-order valence-corrected chi connectivity index (χ0v) is 77.8. The van der Waals surface area contributed by atoms with E-state index in [1.165, 1.54) is 95.1 Å². The van der Waals surface area contributed by atoms with Gasteiger partial charge < -0.3 is 27.0 Å². The van der Waals surface area contributed by atoms with Gasteiger partial charge in [-0.2, -0.15) is 0 Å². The molecular formula is C129H78N8O3S2. The van der Waals surface area contributed by atoms with Crippen molar-refractivity contribution < 1.29 is 13.3 Å². The Labute approximate surface area is 820 Å². The monoisotopic (exact) mass is 1850 g/mol. The van der Waals surface area contributed by atoms with Crippen LogP contribution in [0.3, 0.4) is 0 Å². The molecule has 11 aromatic heterocycles. The van der Waals surface area contributed by atoms with Gasteiger partial charge in [-0.15, -0.1) is 22.7 Å². The van der Waals surface area contributed by atoms with Crippen LogP contribution in [0.15, 0.2) is 487 Å². The Hall–Kier alpha value is -18.5. The first kappa shape index (κ1) is 81.8. The number of pyridine rings is 2. The smallest absolute Gasteiger partial charge is 0.163 e. The van der Waals surface area contributed by atoms with E-state index in [0.29, 0.717) is 11.6 Å². The lowest BCUT2D eigenvalue weighted by Crippen LogP contribution is -1.95. The van der Waals surface area contributed by atoms with Crippen molar-refractivity contribution in [3.05, 3.63) is 474 Å². The molecule has 0 radical (unpaired) electrons. The van der Waals surface area contributed by atoms with Crippen molar-refractivity contribution >= 4 is 183 Å². The van der Waals surface area contributed by atoms with Crippen LogP contribution in [0.25, 0.3) is 279 Å². The van der Waals surface area contributed by atoms with Gasteiger partial charge in [0.25, 0.3) is 0 Å². The van der Waals surface area contributed by atoms with Crippen LogP contribution in [0, 0.1) is 0 Å². The number of hydrogen-bond donors (Lipinski definition) is 0. The normalized spacial score (nSPS) is 11.8. The van der Waals surface area contributed by atoms with E-state index in [-0.39, 0.29) is 0 Å². The Morgan fingerprint density at radius 3 is 1.39 bits per heavy atom. The lowest BCUT2D eigenvalue weighted by molar-refractivity contribution is 0.616. The molecule has 0 fully saturated rings. The summed E-state index contributed by atoms with van der Waals surface area (Å²) >= 11 is 3.76. The number of benzene rings is 19. The van der Waals surface area contributed by atoms with Crippen LogP contribution in [0.2, 0.25) is 0 Å². The largest absolute Gasteiger partial charge is 0.464 e. The van der Waals surface area contributed by atoms with E-state index in [1.54, 1.807) is 12.6 Å². The lowest BCUT2D eigenvalue weighted by Gasteiger charge is -2.11. The van der Waals surface area contributed by atoms with Crippen LogP contribution >= 0.6 is 22.7 Å². The summed E-state index contributed by atoms with van der Waals surface area (Å²) in [5.41, 5.74) is 32.2. The molecule has 0 amide bonds. The molecule has 30 aromatic rings. The topological polar surface area (TPSA) is 119 Å². The second-order valence-electron chi connectivity index (χ2n) is 36.0. The number of rotatable bonds is 12. The first-order valence-corrected chi connectivity index (χ1v) is 49.2. The molecule has 0 aliphatic carbocycles. The Morgan fingerprint density at radius 1 is 0.211 bits per heavy atom. The SMILES string of the molecule is c1ccc(-c2cc(-c3ccccc3)nc(-c3ccc4c(c3)c3c5sc6ccccc6c5ccc3n4-c3ccccc3)c2)cc1.c1ccc(-c2ncnc(-c3cccc(-c4ccc5c6c7sc8ccc(-c9cccc%10occc9%10)cc8c7ccc6n(-c6ccccc6)c5c4)c3)n2)cc1.c1ccc(-n2c3ccc(-c4ccccn4)cc3c3c4oc5ccc(-c6cccc7oc8ccccc8c67)cc5c4ccc32)cc1.